The van der Waals surface area contributed by atoms with Gasteiger partial charge in [-0.3, -0.25) is 14.4 Å². The molecule has 1 aromatic carbocycles. The van der Waals surface area contributed by atoms with Gasteiger partial charge in [-0.25, -0.2) is 0 Å². The van der Waals surface area contributed by atoms with E-state index in [1.807, 2.05) is 13.8 Å². The van der Waals surface area contributed by atoms with Crippen molar-refractivity contribution in [3.8, 4) is 0 Å². The molecule has 0 aliphatic rings. The highest BCUT2D eigenvalue weighted by Gasteiger charge is 2.26. The summed E-state index contributed by atoms with van der Waals surface area (Å²) in [6.45, 7) is 3.34. The van der Waals surface area contributed by atoms with Gasteiger partial charge in [-0.1, -0.05) is 37.6 Å². The van der Waals surface area contributed by atoms with Crippen LogP contribution in [0.4, 0.5) is 5.00 Å². The molecule has 0 saturated heterocycles. The van der Waals surface area contributed by atoms with Crippen LogP contribution in [-0.4, -0.2) is 24.4 Å². The normalized spacial score (nSPS) is 11.8. The molecule has 6 nitrogen and oxygen atoms in total. The standard InChI is InChI=1S/C18H19ClN2O4S/c1-10(2)15(11-3-5-12(19)6-4-11)18(24)25-9-14(22)21-17-13(16(20)23)7-8-26-17/h3-8,10,15H,9H2,1-2H3,(H2,20,23)(H,21,22)/t15-/m1/s1. The third kappa shape index (κ3) is 5.06. The highest BCUT2D eigenvalue weighted by Crippen LogP contribution is 2.27. The Balaban J connectivity index is 1.99. The Morgan fingerprint density at radius 3 is 2.42 bits per heavy atom. The Kier molecular flexibility index (Phi) is 6.76. The molecule has 1 aromatic heterocycles. The van der Waals surface area contributed by atoms with E-state index in [1.165, 1.54) is 6.07 Å². The van der Waals surface area contributed by atoms with Gasteiger partial charge in [0.2, 0.25) is 0 Å². The van der Waals surface area contributed by atoms with Crippen LogP contribution in [0.25, 0.3) is 0 Å². The van der Waals surface area contributed by atoms with Crippen molar-refractivity contribution < 1.29 is 19.1 Å². The maximum Gasteiger partial charge on any atom is 0.314 e. The zero-order chi connectivity index (χ0) is 19.3. The average molecular weight is 395 g/mol. The molecule has 1 heterocycles. The van der Waals surface area contributed by atoms with Crippen molar-refractivity contribution in [3.63, 3.8) is 0 Å². The second-order valence-electron chi connectivity index (χ2n) is 5.96. The number of nitrogens with two attached hydrogens (primary N) is 1. The zero-order valence-electron chi connectivity index (χ0n) is 14.3. The smallest absolute Gasteiger partial charge is 0.314 e. The minimum absolute atomic E-state index is 0.0227. The molecule has 8 heteroatoms. The van der Waals surface area contributed by atoms with E-state index in [0.29, 0.717) is 10.0 Å². The van der Waals surface area contributed by atoms with Crippen LogP contribution in [-0.2, 0) is 14.3 Å². The molecule has 0 aliphatic carbocycles. The molecule has 0 saturated carbocycles. The van der Waals surface area contributed by atoms with Gasteiger partial charge in [-0.2, -0.15) is 0 Å². The Morgan fingerprint density at radius 2 is 1.85 bits per heavy atom. The van der Waals surface area contributed by atoms with Crippen LogP contribution in [0.15, 0.2) is 35.7 Å². The Bertz CT molecular complexity index is 802. The van der Waals surface area contributed by atoms with Gasteiger partial charge < -0.3 is 15.8 Å². The van der Waals surface area contributed by atoms with Crippen molar-refractivity contribution in [2.45, 2.75) is 19.8 Å². The molecule has 0 radical (unpaired) electrons. The number of halogens is 1. The fraction of sp³-hybridized carbons (Fsp3) is 0.278. The minimum Gasteiger partial charge on any atom is -0.455 e. The summed E-state index contributed by atoms with van der Waals surface area (Å²) in [7, 11) is 0. The lowest BCUT2D eigenvalue weighted by Gasteiger charge is -2.19. The summed E-state index contributed by atoms with van der Waals surface area (Å²) < 4.78 is 5.17. The van der Waals surface area contributed by atoms with Crippen molar-refractivity contribution in [2.24, 2.45) is 11.7 Å². The van der Waals surface area contributed by atoms with Gasteiger partial charge in [0.15, 0.2) is 6.61 Å². The van der Waals surface area contributed by atoms with E-state index in [-0.39, 0.29) is 11.5 Å². The average Bonchev–Trinajstić information content (AvgIpc) is 3.03. The first-order valence-corrected chi connectivity index (χ1v) is 9.14. The van der Waals surface area contributed by atoms with Gasteiger partial charge in [0.25, 0.3) is 11.8 Å². The number of rotatable bonds is 7. The van der Waals surface area contributed by atoms with Gasteiger partial charge in [0.1, 0.15) is 5.00 Å². The predicted octanol–water partition coefficient (Wildman–Crippen LogP) is 3.42. The van der Waals surface area contributed by atoms with Gasteiger partial charge in [-0.15, -0.1) is 11.3 Å². The van der Waals surface area contributed by atoms with E-state index in [0.717, 1.165) is 16.9 Å². The molecule has 2 aromatic rings. The number of hydrogen-bond donors (Lipinski definition) is 2. The zero-order valence-corrected chi connectivity index (χ0v) is 15.9. The number of esters is 1. The number of hydrogen-bond acceptors (Lipinski definition) is 5. The van der Waals surface area contributed by atoms with Crippen LogP contribution in [0.1, 0.15) is 35.7 Å². The summed E-state index contributed by atoms with van der Waals surface area (Å²) in [4.78, 5) is 35.7. The van der Waals surface area contributed by atoms with Crippen molar-refractivity contribution in [1.29, 1.82) is 0 Å². The van der Waals surface area contributed by atoms with E-state index >= 15 is 0 Å². The molecule has 26 heavy (non-hydrogen) atoms. The first-order chi connectivity index (χ1) is 12.3. The number of carbonyl (C=O) groups is 3. The van der Waals surface area contributed by atoms with Crippen LogP contribution in [0.5, 0.6) is 0 Å². The number of ether oxygens (including phenoxy) is 1. The third-order valence-electron chi connectivity index (χ3n) is 3.68. The summed E-state index contributed by atoms with van der Waals surface area (Å²) in [5.41, 5.74) is 6.21. The van der Waals surface area contributed by atoms with Crippen LogP contribution in [0.2, 0.25) is 5.02 Å². The summed E-state index contributed by atoms with van der Waals surface area (Å²) in [5.74, 6) is -2.21. The Labute approximate surface area is 160 Å². The molecule has 2 amide bonds. The molecule has 0 spiro atoms. The lowest BCUT2D eigenvalue weighted by atomic mass is 9.88. The van der Waals surface area contributed by atoms with E-state index < -0.39 is 30.3 Å². The van der Waals surface area contributed by atoms with Gasteiger partial charge in [0, 0.05) is 5.02 Å². The second kappa shape index (κ2) is 8.82. The minimum atomic E-state index is -0.638. The number of thiophene rings is 1. The monoisotopic (exact) mass is 394 g/mol. The number of benzene rings is 1. The summed E-state index contributed by atoms with van der Waals surface area (Å²) in [6.07, 6.45) is 0. The van der Waals surface area contributed by atoms with Gasteiger partial charge >= 0.3 is 5.97 Å². The number of amides is 2. The van der Waals surface area contributed by atoms with Crippen molar-refractivity contribution >= 4 is 45.7 Å². The van der Waals surface area contributed by atoms with Crippen molar-refractivity contribution in [2.75, 3.05) is 11.9 Å². The summed E-state index contributed by atoms with van der Waals surface area (Å²) in [5, 5.41) is 5.07. The quantitative estimate of drug-likeness (QED) is 0.703. The number of primary amides is 1. The van der Waals surface area contributed by atoms with Crippen molar-refractivity contribution in [3.05, 3.63) is 51.9 Å². The van der Waals surface area contributed by atoms with Gasteiger partial charge in [-0.05, 0) is 35.1 Å². The molecule has 0 aliphatic heterocycles. The molecule has 3 N–H and O–H groups in total. The van der Waals surface area contributed by atoms with E-state index in [4.69, 9.17) is 22.1 Å². The molecule has 138 valence electrons. The highest BCUT2D eigenvalue weighted by atomic mass is 35.5. The first-order valence-electron chi connectivity index (χ1n) is 7.88. The number of carbonyl (C=O) groups excluding carboxylic acids is 3. The fourth-order valence-electron chi connectivity index (χ4n) is 2.45. The lowest BCUT2D eigenvalue weighted by molar-refractivity contribution is -0.149. The molecular weight excluding hydrogens is 376 g/mol. The van der Waals surface area contributed by atoms with Gasteiger partial charge in [0.05, 0.1) is 11.5 Å². The van der Waals surface area contributed by atoms with Crippen LogP contribution < -0.4 is 11.1 Å². The number of anilines is 1. The van der Waals surface area contributed by atoms with Crippen LogP contribution >= 0.6 is 22.9 Å². The molecule has 1 atom stereocenters. The maximum absolute atomic E-state index is 12.4. The Hall–Kier alpha value is -2.38. The van der Waals surface area contributed by atoms with Crippen molar-refractivity contribution in [1.82, 2.24) is 0 Å². The third-order valence-corrected chi connectivity index (χ3v) is 4.76. The van der Waals surface area contributed by atoms with E-state index in [1.54, 1.807) is 29.6 Å². The fourth-order valence-corrected chi connectivity index (χ4v) is 3.39. The van der Waals surface area contributed by atoms with Crippen LogP contribution in [0.3, 0.4) is 0 Å². The Morgan fingerprint density at radius 1 is 1.19 bits per heavy atom. The molecule has 0 fully saturated rings. The maximum atomic E-state index is 12.4. The predicted molar refractivity (Wildman–Crippen MR) is 101 cm³/mol. The lowest BCUT2D eigenvalue weighted by Crippen LogP contribution is -2.26. The summed E-state index contributed by atoms with van der Waals surface area (Å²) >= 11 is 7.04. The number of nitrogens with one attached hydrogen (secondary N) is 1. The second-order valence-corrected chi connectivity index (χ2v) is 7.31. The molecule has 0 unspecified atom stereocenters. The van der Waals surface area contributed by atoms with E-state index in [2.05, 4.69) is 5.32 Å². The van der Waals surface area contributed by atoms with E-state index in [9.17, 15) is 14.4 Å². The first kappa shape index (κ1) is 19.9. The molecule has 0 bridgehead atoms. The molecule has 2 rings (SSSR count). The SMILES string of the molecule is CC(C)[C@@H](C(=O)OCC(=O)Nc1sccc1C(N)=O)c1ccc(Cl)cc1. The topological polar surface area (TPSA) is 98.5 Å². The highest BCUT2D eigenvalue weighted by molar-refractivity contribution is 7.14. The summed E-state index contributed by atoms with van der Waals surface area (Å²) in [6, 6.07) is 8.45. The largest absolute Gasteiger partial charge is 0.455 e. The van der Waals surface area contributed by atoms with Crippen LogP contribution in [0, 0.1) is 5.92 Å². The molecular formula is C18H19ClN2O4S.